The summed E-state index contributed by atoms with van der Waals surface area (Å²) in [7, 11) is -4.46. The maximum atomic E-state index is 11.9. The number of amides is 1. The lowest BCUT2D eigenvalue weighted by molar-refractivity contribution is 0.0951. The summed E-state index contributed by atoms with van der Waals surface area (Å²) in [6.07, 6.45) is 0.255. The zero-order valence-corrected chi connectivity index (χ0v) is 13.9. The van der Waals surface area contributed by atoms with E-state index in [2.05, 4.69) is 9.84 Å². The highest BCUT2D eigenvalue weighted by Crippen LogP contribution is 2.35. The van der Waals surface area contributed by atoms with E-state index in [1.165, 1.54) is 6.07 Å². The molecule has 0 heterocycles. The first-order valence-electron chi connectivity index (χ1n) is 6.63. The molecular formula is C13H19ClNO6P. The maximum Gasteiger partial charge on any atom is 0.469 e. The van der Waals surface area contributed by atoms with Crippen molar-refractivity contribution in [2.75, 3.05) is 13.2 Å². The number of phosphoric ester groups is 1. The molecule has 0 saturated heterocycles. The van der Waals surface area contributed by atoms with Gasteiger partial charge >= 0.3 is 7.82 Å². The van der Waals surface area contributed by atoms with Gasteiger partial charge in [-0.15, -0.1) is 0 Å². The predicted octanol–water partition coefficient (Wildman–Crippen LogP) is 2.36. The Morgan fingerprint density at radius 1 is 1.41 bits per heavy atom. The smallest absolute Gasteiger partial charge is 0.469 e. The van der Waals surface area contributed by atoms with Gasteiger partial charge in [-0.25, -0.2) is 4.57 Å². The molecule has 3 N–H and O–H groups in total. The Bertz CT molecular complexity index is 559. The number of ether oxygens (including phenoxy) is 1. The second kappa shape index (κ2) is 8.50. The summed E-state index contributed by atoms with van der Waals surface area (Å²) in [5, 5.41) is 2.94. The molecule has 0 saturated carbocycles. The van der Waals surface area contributed by atoms with Crippen LogP contribution in [-0.2, 0) is 9.09 Å². The molecule has 7 nitrogen and oxygen atoms in total. The van der Waals surface area contributed by atoms with Crippen LogP contribution in [0, 0.1) is 0 Å². The number of carbonyl (C=O) groups excluding carboxylic acids is 1. The van der Waals surface area contributed by atoms with Gasteiger partial charge < -0.3 is 19.8 Å². The summed E-state index contributed by atoms with van der Waals surface area (Å²) in [5.41, 5.74) is 0.372. The minimum absolute atomic E-state index is 0.0220. The molecule has 0 bridgehead atoms. The van der Waals surface area contributed by atoms with E-state index in [0.717, 1.165) is 0 Å². The van der Waals surface area contributed by atoms with Gasteiger partial charge in [-0.3, -0.25) is 9.32 Å². The summed E-state index contributed by atoms with van der Waals surface area (Å²) in [5.74, 6) is 0.164. The van der Waals surface area contributed by atoms with Crippen molar-refractivity contribution in [1.29, 1.82) is 0 Å². The SMILES string of the molecule is CC(C)Oc1ccc(C(=O)NCCCOP(=O)(O)O)cc1Cl. The minimum Gasteiger partial charge on any atom is -0.489 e. The highest BCUT2D eigenvalue weighted by atomic mass is 35.5. The number of hydrogen-bond donors (Lipinski definition) is 3. The van der Waals surface area contributed by atoms with Gasteiger partial charge in [0.05, 0.1) is 17.7 Å². The van der Waals surface area contributed by atoms with Gasteiger partial charge in [0.2, 0.25) is 0 Å². The molecular weight excluding hydrogens is 333 g/mol. The Morgan fingerprint density at radius 2 is 2.09 bits per heavy atom. The summed E-state index contributed by atoms with van der Waals surface area (Å²) < 4.78 is 20.2. The second-order valence-electron chi connectivity index (χ2n) is 4.75. The van der Waals surface area contributed by atoms with Crippen molar-refractivity contribution >= 4 is 25.3 Å². The Balaban J connectivity index is 2.46. The number of phosphoric acid groups is 1. The standard InChI is InChI=1S/C13H19ClNO6P/c1-9(2)21-12-5-4-10(8-11(12)14)13(16)15-6-3-7-20-22(17,18)19/h4-5,8-9H,3,6-7H2,1-2H3,(H,15,16)(H2,17,18,19). The van der Waals surface area contributed by atoms with E-state index in [9.17, 15) is 9.36 Å². The zero-order chi connectivity index (χ0) is 16.8. The van der Waals surface area contributed by atoms with Crippen molar-refractivity contribution in [3.8, 4) is 5.75 Å². The third-order valence-electron chi connectivity index (χ3n) is 2.42. The van der Waals surface area contributed by atoms with Crippen LogP contribution in [0.4, 0.5) is 0 Å². The van der Waals surface area contributed by atoms with Gasteiger partial charge in [-0.1, -0.05) is 11.6 Å². The number of benzene rings is 1. The molecule has 0 unspecified atom stereocenters. The van der Waals surface area contributed by atoms with Crippen molar-refractivity contribution in [2.45, 2.75) is 26.4 Å². The lowest BCUT2D eigenvalue weighted by Crippen LogP contribution is -2.25. The first-order chi connectivity index (χ1) is 10.2. The average molecular weight is 352 g/mol. The van der Waals surface area contributed by atoms with Crippen molar-refractivity contribution in [1.82, 2.24) is 5.32 Å². The largest absolute Gasteiger partial charge is 0.489 e. The first-order valence-corrected chi connectivity index (χ1v) is 8.54. The molecule has 0 atom stereocenters. The molecule has 1 aromatic rings. The van der Waals surface area contributed by atoms with E-state index in [-0.39, 0.29) is 31.6 Å². The van der Waals surface area contributed by atoms with Crippen LogP contribution in [0.1, 0.15) is 30.6 Å². The van der Waals surface area contributed by atoms with Gasteiger partial charge in [0.25, 0.3) is 5.91 Å². The highest BCUT2D eigenvalue weighted by Gasteiger charge is 2.13. The maximum absolute atomic E-state index is 11.9. The number of nitrogens with one attached hydrogen (secondary N) is 1. The molecule has 22 heavy (non-hydrogen) atoms. The minimum atomic E-state index is -4.46. The fraction of sp³-hybridized carbons (Fsp3) is 0.462. The van der Waals surface area contributed by atoms with E-state index < -0.39 is 7.82 Å². The van der Waals surface area contributed by atoms with Gasteiger partial charge in [-0.05, 0) is 38.5 Å². The molecule has 1 aromatic carbocycles. The molecule has 0 aromatic heterocycles. The summed E-state index contributed by atoms with van der Waals surface area (Å²) in [6.45, 7) is 3.82. The molecule has 0 radical (unpaired) electrons. The molecule has 0 aliphatic carbocycles. The monoisotopic (exact) mass is 351 g/mol. The Labute approximate surface area is 133 Å². The number of carbonyl (C=O) groups is 1. The fourth-order valence-corrected chi connectivity index (χ4v) is 2.14. The summed E-state index contributed by atoms with van der Waals surface area (Å²) in [4.78, 5) is 28.9. The first kappa shape index (κ1) is 18.9. The van der Waals surface area contributed by atoms with Crippen LogP contribution in [0.5, 0.6) is 5.75 Å². The quantitative estimate of drug-likeness (QED) is 0.490. The molecule has 1 rings (SSSR count). The summed E-state index contributed by atoms with van der Waals surface area (Å²) >= 11 is 6.04. The van der Waals surface area contributed by atoms with Crippen molar-refractivity contribution in [3.05, 3.63) is 28.8 Å². The third-order valence-corrected chi connectivity index (χ3v) is 3.24. The van der Waals surface area contributed by atoms with E-state index in [0.29, 0.717) is 16.3 Å². The van der Waals surface area contributed by atoms with E-state index in [1.54, 1.807) is 12.1 Å². The molecule has 9 heteroatoms. The van der Waals surface area contributed by atoms with Crippen molar-refractivity contribution in [3.63, 3.8) is 0 Å². The molecule has 124 valence electrons. The van der Waals surface area contributed by atoms with Gasteiger partial charge in [0.1, 0.15) is 5.75 Å². The van der Waals surface area contributed by atoms with Crippen LogP contribution < -0.4 is 10.1 Å². The van der Waals surface area contributed by atoms with E-state index >= 15 is 0 Å². The van der Waals surface area contributed by atoms with E-state index in [4.69, 9.17) is 26.1 Å². The number of halogens is 1. The zero-order valence-electron chi connectivity index (χ0n) is 12.3. The molecule has 1 amide bonds. The number of hydrogen-bond acceptors (Lipinski definition) is 4. The topological polar surface area (TPSA) is 105 Å². The van der Waals surface area contributed by atoms with Crippen molar-refractivity contribution in [2.24, 2.45) is 0 Å². The molecule has 0 spiro atoms. The second-order valence-corrected chi connectivity index (χ2v) is 6.39. The normalized spacial score (nSPS) is 11.5. The summed E-state index contributed by atoms with van der Waals surface area (Å²) in [6, 6.07) is 4.71. The van der Waals surface area contributed by atoms with Gasteiger partial charge in [0.15, 0.2) is 0 Å². The van der Waals surface area contributed by atoms with E-state index in [1.807, 2.05) is 13.8 Å². The Morgan fingerprint density at radius 3 is 2.64 bits per heavy atom. The van der Waals surface area contributed by atoms with Crippen LogP contribution >= 0.6 is 19.4 Å². The average Bonchev–Trinajstić information content (AvgIpc) is 2.38. The number of rotatable bonds is 8. The molecule has 0 aliphatic heterocycles. The van der Waals surface area contributed by atoms with Crippen molar-refractivity contribution < 1.29 is 28.4 Å². The van der Waals surface area contributed by atoms with Crippen LogP contribution in [-0.4, -0.2) is 34.9 Å². The van der Waals surface area contributed by atoms with Gasteiger partial charge in [-0.2, -0.15) is 0 Å². The lowest BCUT2D eigenvalue weighted by atomic mass is 10.2. The van der Waals surface area contributed by atoms with Gasteiger partial charge in [0, 0.05) is 12.1 Å². The van der Waals surface area contributed by atoms with Crippen LogP contribution in [0.3, 0.4) is 0 Å². The Kier molecular flexibility index (Phi) is 7.32. The third kappa shape index (κ3) is 7.24. The highest BCUT2D eigenvalue weighted by molar-refractivity contribution is 7.46. The lowest BCUT2D eigenvalue weighted by Gasteiger charge is -2.12. The Hall–Kier alpha value is -1.11. The molecule has 0 aliphatic rings. The van der Waals surface area contributed by atoms with Crippen LogP contribution in [0.25, 0.3) is 0 Å². The predicted molar refractivity (Wildman–Crippen MR) is 82.2 cm³/mol. The van der Waals surface area contributed by atoms with Crippen LogP contribution in [0.15, 0.2) is 18.2 Å². The fourth-order valence-electron chi connectivity index (χ4n) is 1.55. The molecule has 0 fully saturated rings. The van der Waals surface area contributed by atoms with Crippen LogP contribution in [0.2, 0.25) is 5.02 Å².